The zero-order valence-electron chi connectivity index (χ0n) is 14.6. The fourth-order valence-electron chi connectivity index (χ4n) is 2.74. The summed E-state index contributed by atoms with van der Waals surface area (Å²) in [5.41, 5.74) is 1.15. The van der Waals surface area contributed by atoms with E-state index in [1.165, 1.54) is 11.8 Å². The van der Waals surface area contributed by atoms with Crippen molar-refractivity contribution in [2.45, 2.75) is 11.7 Å². The molecule has 0 aliphatic carbocycles. The number of hydrogen-bond donors (Lipinski definition) is 2. The molecule has 2 heterocycles. The smallest absolute Gasteiger partial charge is 0.240 e. The van der Waals surface area contributed by atoms with E-state index in [9.17, 15) is 9.59 Å². The van der Waals surface area contributed by atoms with Gasteiger partial charge >= 0.3 is 0 Å². The van der Waals surface area contributed by atoms with Crippen molar-refractivity contribution >= 4 is 51.7 Å². The first-order valence-corrected chi connectivity index (χ1v) is 9.84. The Hall–Kier alpha value is -2.71. The van der Waals surface area contributed by atoms with Gasteiger partial charge in [-0.05, 0) is 24.3 Å². The number of hydrogen-bond acceptors (Lipinski definition) is 6. The van der Waals surface area contributed by atoms with Gasteiger partial charge in [0.15, 0.2) is 16.7 Å². The summed E-state index contributed by atoms with van der Waals surface area (Å²) in [5.74, 6) is 0.752. The van der Waals surface area contributed by atoms with Crippen LogP contribution in [0.3, 0.4) is 0 Å². The van der Waals surface area contributed by atoms with Gasteiger partial charge in [0.1, 0.15) is 18.5 Å². The van der Waals surface area contributed by atoms with Crippen LogP contribution in [0.15, 0.2) is 47.5 Å². The van der Waals surface area contributed by atoms with Gasteiger partial charge in [0, 0.05) is 12.5 Å². The molecule has 7 nitrogen and oxygen atoms in total. The molecular formula is C19H16ClN3O4S. The maximum Gasteiger partial charge on any atom is 0.240 e. The summed E-state index contributed by atoms with van der Waals surface area (Å²) in [6.45, 7) is 1.01. The van der Waals surface area contributed by atoms with E-state index in [0.29, 0.717) is 46.3 Å². The Bertz CT molecular complexity index is 966. The minimum Gasteiger partial charge on any atom is -0.486 e. The third-order valence-electron chi connectivity index (χ3n) is 4.05. The van der Waals surface area contributed by atoms with Crippen LogP contribution in [-0.4, -0.2) is 35.4 Å². The third kappa shape index (κ3) is 4.23. The average molecular weight is 418 g/mol. The minimum absolute atomic E-state index is 0.0158. The zero-order valence-corrected chi connectivity index (χ0v) is 16.2. The number of nitrogens with one attached hydrogen (secondary N) is 2. The first-order valence-electron chi connectivity index (χ1n) is 8.59. The molecule has 0 saturated carbocycles. The van der Waals surface area contributed by atoms with Crippen molar-refractivity contribution in [2.75, 3.05) is 18.5 Å². The second kappa shape index (κ2) is 8.12. The highest BCUT2D eigenvalue weighted by Gasteiger charge is 2.32. The predicted octanol–water partition coefficient (Wildman–Crippen LogP) is 3.36. The van der Waals surface area contributed by atoms with Crippen LogP contribution < -0.4 is 20.1 Å². The molecule has 9 heteroatoms. The van der Waals surface area contributed by atoms with E-state index in [2.05, 4.69) is 15.6 Å². The molecule has 2 aliphatic rings. The number of fused-ring (bicyclic) bond motifs is 1. The standard InChI is InChI=1S/C19H16ClN3O4S/c20-12-3-1-2-4-13(12)22-17(24)10-16-18(25)23-19(28-16)21-11-5-6-14-15(9-11)27-8-7-26-14/h1-6,9,16H,7-8,10H2,(H,22,24)(H,21,23,25). The van der Waals surface area contributed by atoms with Crippen LogP contribution in [0.1, 0.15) is 6.42 Å². The normalized spacial score (nSPS) is 19.4. The summed E-state index contributed by atoms with van der Waals surface area (Å²) in [7, 11) is 0. The minimum atomic E-state index is -0.557. The van der Waals surface area contributed by atoms with Gasteiger partial charge in [0.05, 0.1) is 16.4 Å². The Labute approximate surface area is 170 Å². The van der Waals surface area contributed by atoms with Crippen molar-refractivity contribution < 1.29 is 19.1 Å². The van der Waals surface area contributed by atoms with Crippen LogP contribution in [0.5, 0.6) is 11.5 Å². The summed E-state index contributed by atoms with van der Waals surface area (Å²) in [5, 5.41) is 5.76. The molecule has 2 N–H and O–H groups in total. The summed E-state index contributed by atoms with van der Waals surface area (Å²) in [4.78, 5) is 28.9. The maximum absolute atomic E-state index is 12.3. The van der Waals surface area contributed by atoms with Crippen molar-refractivity contribution in [2.24, 2.45) is 4.99 Å². The Morgan fingerprint density at radius 3 is 2.82 bits per heavy atom. The number of amides is 2. The molecule has 1 atom stereocenters. The predicted molar refractivity (Wildman–Crippen MR) is 109 cm³/mol. The Kier molecular flexibility index (Phi) is 5.40. The second-order valence-electron chi connectivity index (χ2n) is 6.07. The number of carbonyl (C=O) groups excluding carboxylic acids is 2. The van der Waals surface area contributed by atoms with E-state index in [-0.39, 0.29) is 18.2 Å². The van der Waals surface area contributed by atoms with Crippen molar-refractivity contribution in [3.05, 3.63) is 47.5 Å². The monoisotopic (exact) mass is 417 g/mol. The third-order valence-corrected chi connectivity index (χ3v) is 5.46. The van der Waals surface area contributed by atoms with Gasteiger partial charge < -0.3 is 20.1 Å². The molecule has 0 radical (unpaired) electrons. The number of anilines is 1. The zero-order chi connectivity index (χ0) is 19.5. The first-order chi connectivity index (χ1) is 13.6. The van der Waals surface area contributed by atoms with Crippen LogP contribution in [0.4, 0.5) is 11.4 Å². The van der Waals surface area contributed by atoms with Crippen LogP contribution in [0, 0.1) is 0 Å². The summed E-state index contributed by atoms with van der Waals surface area (Å²) < 4.78 is 11.0. The first kappa shape index (κ1) is 18.6. The van der Waals surface area contributed by atoms with Gasteiger partial charge in [-0.1, -0.05) is 35.5 Å². The number of para-hydroxylation sites is 1. The van der Waals surface area contributed by atoms with Crippen molar-refractivity contribution in [1.29, 1.82) is 0 Å². The lowest BCUT2D eigenvalue weighted by molar-refractivity contribution is -0.122. The summed E-state index contributed by atoms with van der Waals surface area (Å²) in [6, 6.07) is 12.3. The highest BCUT2D eigenvalue weighted by atomic mass is 35.5. The summed E-state index contributed by atoms with van der Waals surface area (Å²) >= 11 is 7.26. The largest absolute Gasteiger partial charge is 0.486 e. The number of carbonyl (C=O) groups is 2. The molecule has 0 spiro atoms. The van der Waals surface area contributed by atoms with E-state index in [4.69, 9.17) is 21.1 Å². The van der Waals surface area contributed by atoms with E-state index >= 15 is 0 Å². The number of ether oxygens (including phenoxy) is 2. The number of nitrogens with zero attached hydrogens (tertiary/aromatic N) is 1. The highest BCUT2D eigenvalue weighted by molar-refractivity contribution is 8.15. The van der Waals surface area contributed by atoms with Gasteiger partial charge in [-0.2, -0.15) is 0 Å². The maximum atomic E-state index is 12.3. The number of rotatable bonds is 4. The van der Waals surface area contributed by atoms with Gasteiger partial charge in [0.25, 0.3) is 0 Å². The molecule has 144 valence electrons. The van der Waals surface area contributed by atoms with E-state index in [1.807, 2.05) is 0 Å². The Morgan fingerprint density at radius 2 is 2.00 bits per heavy atom. The number of thioether (sulfide) groups is 1. The van der Waals surface area contributed by atoms with Crippen LogP contribution in [-0.2, 0) is 9.59 Å². The number of halogens is 1. The molecule has 1 fully saturated rings. The lowest BCUT2D eigenvalue weighted by Crippen LogP contribution is -2.28. The van der Waals surface area contributed by atoms with Gasteiger partial charge in [-0.15, -0.1) is 0 Å². The van der Waals surface area contributed by atoms with E-state index in [1.54, 1.807) is 42.5 Å². The van der Waals surface area contributed by atoms with Crippen LogP contribution >= 0.6 is 23.4 Å². The van der Waals surface area contributed by atoms with Crippen LogP contribution in [0.2, 0.25) is 5.02 Å². The molecule has 2 aromatic carbocycles. The molecule has 0 aromatic heterocycles. The topological polar surface area (TPSA) is 89.0 Å². The van der Waals surface area contributed by atoms with Crippen molar-refractivity contribution in [3.8, 4) is 11.5 Å². The van der Waals surface area contributed by atoms with Crippen molar-refractivity contribution in [3.63, 3.8) is 0 Å². The number of aliphatic imine (C=N–C) groups is 1. The SMILES string of the molecule is O=C(CC1SC(=Nc2ccc3c(c2)OCCO3)NC1=O)Nc1ccccc1Cl. The average Bonchev–Trinajstić information content (AvgIpc) is 3.02. The van der Waals surface area contributed by atoms with E-state index in [0.717, 1.165) is 0 Å². The molecular weight excluding hydrogens is 402 g/mol. The van der Waals surface area contributed by atoms with Crippen molar-refractivity contribution in [1.82, 2.24) is 5.32 Å². The quantitative estimate of drug-likeness (QED) is 0.796. The second-order valence-corrected chi connectivity index (χ2v) is 7.67. The number of benzene rings is 2. The molecule has 1 saturated heterocycles. The lowest BCUT2D eigenvalue weighted by Gasteiger charge is -2.18. The van der Waals surface area contributed by atoms with Gasteiger partial charge in [-0.3, -0.25) is 9.59 Å². The molecule has 2 amide bonds. The Morgan fingerprint density at radius 1 is 1.21 bits per heavy atom. The fourth-order valence-corrected chi connectivity index (χ4v) is 3.91. The molecule has 28 heavy (non-hydrogen) atoms. The van der Waals surface area contributed by atoms with E-state index < -0.39 is 5.25 Å². The highest BCUT2D eigenvalue weighted by Crippen LogP contribution is 2.34. The lowest BCUT2D eigenvalue weighted by atomic mass is 10.2. The summed E-state index contributed by atoms with van der Waals surface area (Å²) in [6.07, 6.45) is 0.0158. The fraction of sp³-hybridized carbons (Fsp3) is 0.211. The Balaban J connectivity index is 1.40. The molecule has 2 aliphatic heterocycles. The number of amidine groups is 1. The molecule has 2 aromatic rings. The van der Waals surface area contributed by atoms with Gasteiger partial charge in [-0.25, -0.2) is 4.99 Å². The van der Waals surface area contributed by atoms with Gasteiger partial charge in [0.2, 0.25) is 11.8 Å². The molecule has 1 unspecified atom stereocenters. The van der Waals surface area contributed by atoms with Crippen LogP contribution in [0.25, 0.3) is 0 Å². The molecule has 4 rings (SSSR count). The molecule has 0 bridgehead atoms.